The molecule has 118 valence electrons. The van der Waals surface area contributed by atoms with Crippen LogP contribution in [0.15, 0.2) is 24.3 Å². The molecule has 1 aromatic rings. The lowest BCUT2D eigenvalue weighted by atomic mass is 10.0. The van der Waals surface area contributed by atoms with Gasteiger partial charge < -0.3 is 15.2 Å². The van der Waals surface area contributed by atoms with Gasteiger partial charge in [0.2, 0.25) is 0 Å². The second kappa shape index (κ2) is 8.67. The van der Waals surface area contributed by atoms with Crippen molar-refractivity contribution >= 4 is 5.91 Å². The fourth-order valence-corrected chi connectivity index (χ4v) is 1.86. The van der Waals surface area contributed by atoms with Crippen LogP contribution in [0.3, 0.4) is 0 Å². The maximum absolute atomic E-state index is 11.7. The van der Waals surface area contributed by atoms with Gasteiger partial charge in [0.15, 0.2) is 6.61 Å². The SMILES string of the molecule is CC(C)c1cccc(OCC(=O)NCCC(O)C(C)C)c1. The van der Waals surface area contributed by atoms with Crippen molar-refractivity contribution in [1.82, 2.24) is 5.32 Å². The van der Waals surface area contributed by atoms with Gasteiger partial charge >= 0.3 is 0 Å². The van der Waals surface area contributed by atoms with Crippen LogP contribution < -0.4 is 10.1 Å². The maximum atomic E-state index is 11.7. The number of nitrogens with one attached hydrogen (secondary N) is 1. The Bertz CT molecular complexity index is 443. The number of amides is 1. The van der Waals surface area contributed by atoms with Crippen LogP contribution in [-0.2, 0) is 4.79 Å². The van der Waals surface area contributed by atoms with Gasteiger partial charge in [-0.05, 0) is 36.0 Å². The number of aliphatic hydroxyl groups is 1. The molecule has 1 rings (SSSR count). The van der Waals surface area contributed by atoms with Crippen LogP contribution in [0, 0.1) is 5.92 Å². The van der Waals surface area contributed by atoms with Crippen LogP contribution in [0.4, 0.5) is 0 Å². The third-order valence-corrected chi connectivity index (χ3v) is 3.43. The van der Waals surface area contributed by atoms with Gasteiger partial charge in [0, 0.05) is 6.54 Å². The van der Waals surface area contributed by atoms with Gasteiger partial charge in [-0.3, -0.25) is 4.79 Å². The van der Waals surface area contributed by atoms with Crippen LogP contribution >= 0.6 is 0 Å². The molecule has 0 saturated heterocycles. The molecular weight excluding hydrogens is 266 g/mol. The Morgan fingerprint density at radius 3 is 2.62 bits per heavy atom. The summed E-state index contributed by atoms with van der Waals surface area (Å²) in [5.74, 6) is 1.18. The van der Waals surface area contributed by atoms with E-state index in [0.29, 0.717) is 24.6 Å². The highest BCUT2D eigenvalue weighted by molar-refractivity contribution is 5.77. The summed E-state index contributed by atoms with van der Waals surface area (Å²) in [5.41, 5.74) is 1.19. The molecule has 4 nitrogen and oxygen atoms in total. The molecule has 0 aromatic heterocycles. The Morgan fingerprint density at radius 2 is 2.00 bits per heavy atom. The Balaban J connectivity index is 2.31. The van der Waals surface area contributed by atoms with Crippen LogP contribution in [0.25, 0.3) is 0 Å². The van der Waals surface area contributed by atoms with Crippen molar-refractivity contribution < 1.29 is 14.6 Å². The molecule has 0 aliphatic carbocycles. The lowest BCUT2D eigenvalue weighted by Crippen LogP contribution is -2.32. The quantitative estimate of drug-likeness (QED) is 0.775. The minimum Gasteiger partial charge on any atom is -0.484 e. The molecule has 0 radical (unpaired) electrons. The largest absolute Gasteiger partial charge is 0.484 e. The summed E-state index contributed by atoms with van der Waals surface area (Å²) in [6.07, 6.45) is 0.181. The first kappa shape index (κ1) is 17.5. The van der Waals surface area contributed by atoms with Gasteiger partial charge in [0.1, 0.15) is 5.75 Å². The van der Waals surface area contributed by atoms with Crippen molar-refractivity contribution in [3.8, 4) is 5.75 Å². The molecule has 1 aromatic carbocycles. The van der Waals surface area contributed by atoms with E-state index in [4.69, 9.17) is 4.74 Å². The zero-order valence-electron chi connectivity index (χ0n) is 13.4. The Labute approximate surface area is 127 Å². The first-order valence-corrected chi connectivity index (χ1v) is 7.57. The fraction of sp³-hybridized carbons (Fsp3) is 0.588. The van der Waals surface area contributed by atoms with E-state index in [2.05, 4.69) is 19.2 Å². The molecule has 1 unspecified atom stereocenters. The number of ether oxygens (including phenoxy) is 1. The third-order valence-electron chi connectivity index (χ3n) is 3.43. The molecule has 0 spiro atoms. The molecular formula is C17H27NO3. The highest BCUT2D eigenvalue weighted by Gasteiger charge is 2.10. The number of carbonyl (C=O) groups excluding carboxylic acids is 1. The van der Waals surface area contributed by atoms with Crippen LogP contribution in [0.2, 0.25) is 0 Å². The smallest absolute Gasteiger partial charge is 0.257 e. The zero-order valence-corrected chi connectivity index (χ0v) is 13.4. The molecule has 0 bridgehead atoms. The molecule has 0 fully saturated rings. The van der Waals surface area contributed by atoms with Crippen molar-refractivity contribution in [2.45, 2.75) is 46.1 Å². The summed E-state index contributed by atoms with van der Waals surface area (Å²) in [6.45, 7) is 8.61. The van der Waals surface area contributed by atoms with Gasteiger partial charge in [-0.15, -0.1) is 0 Å². The van der Waals surface area contributed by atoms with Gasteiger partial charge in [-0.2, -0.15) is 0 Å². The van der Waals surface area contributed by atoms with E-state index >= 15 is 0 Å². The molecule has 0 saturated carbocycles. The van der Waals surface area contributed by atoms with Gasteiger partial charge in [-0.1, -0.05) is 39.8 Å². The van der Waals surface area contributed by atoms with E-state index in [0.717, 1.165) is 0 Å². The fourth-order valence-electron chi connectivity index (χ4n) is 1.86. The second-order valence-electron chi connectivity index (χ2n) is 5.97. The zero-order chi connectivity index (χ0) is 15.8. The average Bonchev–Trinajstić information content (AvgIpc) is 2.45. The van der Waals surface area contributed by atoms with Crippen LogP contribution in [-0.4, -0.2) is 30.3 Å². The molecule has 2 N–H and O–H groups in total. The van der Waals surface area contributed by atoms with E-state index in [1.54, 1.807) is 0 Å². The van der Waals surface area contributed by atoms with Crippen LogP contribution in [0.5, 0.6) is 5.75 Å². The second-order valence-corrected chi connectivity index (χ2v) is 5.97. The van der Waals surface area contributed by atoms with Gasteiger partial charge in [0.05, 0.1) is 6.10 Å². The normalized spacial score (nSPS) is 12.5. The molecule has 0 heterocycles. The van der Waals surface area contributed by atoms with Crippen LogP contribution in [0.1, 0.15) is 45.6 Å². The van der Waals surface area contributed by atoms with Crippen molar-refractivity contribution in [3.63, 3.8) is 0 Å². The van der Waals surface area contributed by atoms with Crippen molar-refractivity contribution in [1.29, 1.82) is 0 Å². The summed E-state index contributed by atoms with van der Waals surface area (Å²) in [7, 11) is 0. The summed E-state index contributed by atoms with van der Waals surface area (Å²) >= 11 is 0. The number of hydrogen-bond donors (Lipinski definition) is 2. The molecule has 1 amide bonds. The first-order valence-electron chi connectivity index (χ1n) is 7.57. The van der Waals surface area contributed by atoms with E-state index in [1.807, 2.05) is 38.1 Å². The van der Waals surface area contributed by atoms with E-state index in [9.17, 15) is 9.90 Å². The number of benzene rings is 1. The highest BCUT2D eigenvalue weighted by Crippen LogP contribution is 2.19. The van der Waals surface area contributed by atoms with Crippen molar-refractivity contribution in [2.24, 2.45) is 5.92 Å². The Kier molecular flexibility index (Phi) is 7.23. The average molecular weight is 293 g/mol. The van der Waals surface area contributed by atoms with Crippen molar-refractivity contribution in [3.05, 3.63) is 29.8 Å². The number of carbonyl (C=O) groups is 1. The van der Waals surface area contributed by atoms with Crippen molar-refractivity contribution in [2.75, 3.05) is 13.2 Å². The minimum atomic E-state index is -0.381. The predicted molar refractivity (Wildman–Crippen MR) is 84.5 cm³/mol. The summed E-state index contributed by atoms with van der Waals surface area (Å²) in [6, 6.07) is 7.79. The first-order chi connectivity index (χ1) is 9.90. The topological polar surface area (TPSA) is 58.6 Å². The van der Waals surface area contributed by atoms with E-state index in [1.165, 1.54) is 5.56 Å². The summed E-state index contributed by atoms with van der Waals surface area (Å²) in [5, 5.41) is 12.4. The molecule has 0 aliphatic rings. The molecule has 4 heteroatoms. The van der Waals surface area contributed by atoms with Gasteiger partial charge in [-0.25, -0.2) is 0 Å². The standard InChI is InChI=1S/C17H27NO3/c1-12(2)14-6-5-7-15(10-14)21-11-17(20)18-9-8-16(19)13(3)4/h5-7,10,12-13,16,19H,8-9,11H2,1-4H3,(H,18,20). The minimum absolute atomic E-state index is 0.000672. The maximum Gasteiger partial charge on any atom is 0.257 e. The predicted octanol–water partition coefficient (Wildman–Crippen LogP) is 2.71. The van der Waals surface area contributed by atoms with E-state index < -0.39 is 0 Å². The third kappa shape index (κ3) is 6.63. The van der Waals surface area contributed by atoms with Gasteiger partial charge in [0.25, 0.3) is 5.91 Å². The number of aliphatic hydroxyl groups excluding tert-OH is 1. The molecule has 21 heavy (non-hydrogen) atoms. The number of rotatable bonds is 8. The number of hydrogen-bond acceptors (Lipinski definition) is 3. The Hall–Kier alpha value is -1.55. The lowest BCUT2D eigenvalue weighted by Gasteiger charge is -2.14. The lowest BCUT2D eigenvalue weighted by molar-refractivity contribution is -0.123. The van der Waals surface area contributed by atoms with E-state index in [-0.39, 0.29) is 24.5 Å². The molecule has 0 aliphatic heterocycles. The molecule has 1 atom stereocenters. The summed E-state index contributed by atoms with van der Waals surface area (Å²) < 4.78 is 5.49. The monoisotopic (exact) mass is 293 g/mol. The highest BCUT2D eigenvalue weighted by atomic mass is 16.5. The summed E-state index contributed by atoms with van der Waals surface area (Å²) in [4.78, 5) is 11.7. The Morgan fingerprint density at radius 1 is 1.29 bits per heavy atom.